The number of urea groups is 1. The lowest BCUT2D eigenvalue weighted by Gasteiger charge is -2.32. The van der Waals surface area contributed by atoms with Crippen LogP contribution in [0.1, 0.15) is 32.6 Å². The van der Waals surface area contributed by atoms with E-state index in [9.17, 15) is 28.0 Å². The minimum atomic E-state index is -1.07. The summed E-state index contributed by atoms with van der Waals surface area (Å²) >= 11 is 0. The maximum atomic E-state index is 13.7. The standard InChI is InChI=1S/C20H21F2N3O4/c1-10(14-7-11-2-3-12(14)6-11)25-19(28)18(27)24(20(25)29)9-17(26)23-16-5-4-13(21)8-15(16)22/h4-5,8,10-12,14H,2-3,6-7,9H2,1H3,(H,23,26)/t10-,11+,12+,14-/m0/s1. The summed E-state index contributed by atoms with van der Waals surface area (Å²) in [5, 5.41) is 2.18. The summed E-state index contributed by atoms with van der Waals surface area (Å²) in [6.45, 7) is 1.05. The van der Waals surface area contributed by atoms with Crippen molar-refractivity contribution in [1.29, 1.82) is 0 Å². The van der Waals surface area contributed by atoms with Crippen LogP contribution >= 0.6 is 0 Å². The molecule has 2 bridgehead atoms. The zero-order chi connectivity index (χ0) is 20.9. The van der Waals surface area contributed by atoms with Crippen molar-refractivity contribution in [1.82, 2.24) is 9.80 Å². The third kappa shape index (κ3) is 3.38. The molecule has 0 radical (unpaired) electrons. The zero-order valence-electron chi connectivity index (χ0n) is 15.9. The number of benzene rings is 1. The third-order valence-electron chi connectivity index (χ3n) is 6.41. The van der Waals surface area contributed by atoms with E-state index in [0.29, 0.717) is 22.8 Å². The quantitative estimate of drug-likeness (QED) is 0.603. The van der Waals surface area contributed by atoms with E-state index in [4.69, 9.17) is 0 Å². The Labute approximate surface area is 166 Å². The summed E-state index contributed by atoms with van der Waals surface area (Å²) in [6.07, 6.45) is 4.26. The number of fused-ring (bicyclic) bond motifs is 2. The molecule has 4 rings (SSSR count). The number of nitrogens with zero attached hydrogens (tertiary/aromatic N) is 2. The number of carbonyl (C=O) groups is 4. The highest BCUT2D eigenvalue weighted by Gasteiger charge is 2.52. The molecule has 3 fully saturated rings. The fourth-order valence-corrected chi connectivity index (χ4v) is 5.02. The van der Waals surface area contributed by atoms with Gasteiger partial charge in [-0.05, 0) is 56.1 Å². The Kier molecular flexibility index (Phi) is 4.84. The molecule has 1 heterocycles. The number of rotatable bonds is 5. The van der Waals surface area contributed by atoms with E-state index < -0.39 is 48.0 Å². The second-order valence-corrected chi connectivity index (χ2v) is 8.10. The van der Waals surface area contributed by atoms with Crippen LogP contribution in [0.15, 0.2) is 18.2 Å². The van der Waals surface area contributed by atoms with Crippen LogP contribution in [0, 0.1) is 29.4 Å². The summed E-state index contributed by atoms with van der Waals surface area (Å²) in [7, 11) is 0. The van der Waals surface area contributed by atoms with E-state index in [0.717, 1.165) is 36.3 Å². The number of carbonyl (C=O) groups excluding carboxylic acids is 4. The van der Waals surface area contributed by atoms with Crippen LogP contribution in [0.2, 0.25) is 0 Å². The van der Waals surface area contributed by atoms with Gasteiger partial charge in [-0.2, -0.15) is 0 Å². The molecule has 9 heteroatoms. The molecular weight excluding hydrogens is 384 g/mol. The number of hydrogen-bond donors (Lipinski definition) is 1. The predicted molar refractivity (Wildman–Crippen MR) is 97.3 cm³/mol. The Morgan fingerprint density at radius 2 is 1.93 bits per heavy atom. The van der Waals surface area contributed by atoms with Crippen molar-refractivity contribution >= 4 is 29.4 Å². The van der Waals surface area contributed by atoms with Crippen LogP contribution in [0.25, 0.3) is 0 Å². The Hall–Kier alpha value is -2.84. The molecule has 5 amide bonds. The van der Waals surface area contributed by atoms with Crippen LogP contribution in [0.5, 0.6) is 0 Å². The normalized spacial score (nSPS) is 27.1. The van der Waals surface area contributed by atoms with Crippen LogP contribution in [-0.4, -0.2) is 46.1 Å². The van der Waals surface area contributed by atoms with Gasteiger partial charge in [0.05, 0.1) is 5.69 Å². The van der Waals surface area contributed by atoms with Crippen LogP contribution in [-0.2, 0) is 14.4 Å². The van der Waals surface area contributed by atoms with Crippen molar-refractivity contribution in [2.45, 2.75) is 38.6 Å². The molecule has 0 unspecified atom stereocenters. The average molecular weight is 405 g/mol. The summed E-state index contributed by atoms with van der Waals surface area (Å²) in [5.41, 5.74) is -0.283. The van der Waals surface area contributed by atoms with E-state index in [-0.39, 0.29) is 11.6 Å². The van der Waals surface area contributed by atoms with Gasteiger partial charge in [0.1, 0.15) is 18.2 Å². The van der Waals surface area contributed by atoms with E-state index >= 15 is 0 Å². The number of anilines is 1. The maximum Gasteiger partial charge on any atom is 0.334 e. The molecule has 1 aliphatic heterocycles. The molecule has 3 aliphatic rings. The summed E-state index contributed by atoms with van der Waals surface area (Å²) < 4.78 is 26.7. The first-order chi connectivity index (χ1) is 13.8. The topological polar surface area (TPSA) is 86.8 Å². The molecule has 4 atom stereocenters. The molecule has 2 aliphatic carbocycles. The first-order valence-corrected chi connectivity index (χ1v) is 9.70. The van der Waals surface area contributed by atoms with Gasteiger partial charge in [-0.25, -0.2) is 18.5 Å². The van der Waals surface area contributed by atoms with Gasteiger partial charge in [-0.15, -0.1) is 0 Å². The molecular formula is C20H21F2N3O4. The SMILES string of the molecule is C[C@@H]([C@@H]1C[C@@H]2CC[C@@H]1C2)N1C(=O)C(=O)N(CC(=O)Nc2ccc(F)cc2F)C1=O. The first kappa shape index (κ1) is 19.5. The van der Waals surface area contributed by atoms with Gasteiger partial charge in [-0.3, -0.25) is 19.3 Å². The highest BCUT2D eigenvalue weighted by Crippen LogP contribution is 2.50. The van der Waals surface area contributed by atoms with Crippen molar-refractivity contribution in [3.05, 3.63) is 29.8 Å². The highest BCUT2D eigenvalue weighted by atomic mass is 19.1. The summed E-state index contributed by atoms with van der Waals surface area (Å²) in [5.74, 6) is -3.43. The van der Waals surface area contributed by atoms with Gasteiger partial charge < -0.3 is 5.32 Å². The molecule has 2 saturated carbocycles. The molecule has 154 valence electrons. The molecule has 0 aromatic heterocycles. The third-order valence-corrected chi connectivity index (χ3v) is 6.41. The van der Waals surface area contributed by atoms with Crippen molar-refractivity contribution < 1.29 is 28.0 Å². The van der Waals surface area contributed by atoms with E-state index in [2.05, 4.69) is 5.32 Å². The molecule has 1 N–H and O–H groups in total. The van der Waals surface area contributed by atoms with Crippen molar-refractivity contribution in [3.63, 3.8) is 0 Å². The zero-order valence-corrected chi connectivity index (χ0v) is 15.9. The van der Waals surface area contributed by atoms with E-state index in [1.165, 1.54) is 6.42 Å². The molecule has 7 nitrogen and oxygen atoms in total. The largest absolute Gasteiger partial charge is 0.334 e. The predicted octanol–water partition coefficient (Wildman–Crippen LogP) is 2.52. The minimum absolute atomic E-state index is 0.163. The fraction of sp³-hybridized carbons (Fsp3) is 0.500. The van der Waals surface area contributed by atoms with Gasteiger partial charge in [0, 0.05) is 12.1 Å². The first-order valence-electron chi connectivity index (χ1n) is 9.70. The van der Waals surface area contributed by atoms with Gasteiger partial charge >= 0.3 is 17.8 Å². The minimum Gasteiger partial charge on any atom is -0.322 e. The van der Waals surface area contributed by atoms with Crippen molar-refractivity contribution in [2.24, 2.45) is 17.8 Å². The lowest BCUT2D eigenvalue weighted by atomic mass is 9.83. The van der Waals surface area contributed by atoms with Crippen LogP contribution in [0.3, 0.4) is 0 Å². The Morgan fingerprint density at radius 1 is 1.17 bits per heavy atom. The van der Waals surface area contributed by atoms with Crippen LogP contribution < -0.4 is 5.32 Å². The second-order valence-electron chi connectivity index (χ2n) is 8.10. The van der Waals surface area contributed by atoms with E-state index in [1.807, 2.05) is 0 Å². The van der Waals surface area contributed by atoms with Crippen molar-refractivity contribution in [3.8, 4) is 0 Å². The Bertz CT molecular complexity index is 906. The van der Waals surface area contributed by atoms with Gasteiger partial charge in [-0.1, -0.05) is 6.42 Å². The smallest absolute Gasteiger partial charge is 0.322 e. The summed E-state index contributed by atoms with van der Waals surface area (Å²) in [4.78, 5) is 51.2. The number of hydrogen-bond acceptors (Lipinski definition) is 4. The molecule has 1 aromatic rings. The Balaban J connectivity index is 1.44. The number of halogens is 2. The number of imide groups is 2. The van der Waals surface area contributed by atoms with Gasteiger partial charge in [0.15, 0.2) is 0 Å². The Morgan fingerprint density at radius 3 is 2.55 bits per heavy atom. The fourth-order valence-electron chi connectivity index (χ4n) is 5.02. The van der Waals surface area contributed by atoms with E-state index in [1.54, 1.807) is 6.92 Å². The number of amides is 5. The molecule has 0 spiro atoms. The number of nitrogens with one attached hydrogen (secondary N) is 1. The maximum absolute atomic E-state index is 13.7. The lowest BCUT2D eigenvalue weighted by molar-refractivity contribution is -0.144. The van der Waals surface area contributed by atoms with Crippen LogP contribution in [0.4, 0.5) is 19.3 Å². The molecule has 1 aromatic carbocycles. The summed E-state index contributed by atoms with van der Waals surface area (Å²) in [6, 6.07) is 1.35. The van der Waals surface area contributed by atoms with Gasteiger partial charge in [0.25, 0.3) is 0 Å². The average Bonchev–Trinajstić information content (AvgIpc) is 3.35. The van der Waals surface area contributed by atoms with Gasteiger partial charge in [0.2, 0.25) is 5.91 Å². The lowest BCUT2D eigenvalue weighted by Crippen LogP contribution is -2.45. The molecule has 29 heavy (non-hydrogen) atoms. The molecule has 1 saturated heterocycles. The highest BCUT2D eigenvalue weighted by molar-refractivity contribution is 6.45. The van der Waals surface area contributed by atoms with Crippen molar-refractivity contribution in [2.75, 3.05) is 11.9 Å². The monoisotopic (exact) mass is 405 g/mol. The second kappa shape index (κ2) is 7.20.